The molecular formula is C36H36O4. The van der Waals surface area contributed by atoms with Gasteiger partial charge >= 0.3 is 5.97 Å². The van der Waals surface area contributed by atoms with Gasteiger partial charge in [-0.1, -0.05) is 72.8 Å². The van der Waals surface area contributed by atoms with E-state index in [9.17, 15) is 9.59 Å². The highest BCUT2D eigenvalue weighted by Gasteiger charge is 2.46. The van der Waals surface area contributed by atoms with Crippen molar-refractivity contribution in [2.45, 2.75) is 53.1 Å². The molecule has 0 radical (unpaired) electrons. The highest BCUT2D eigenvalue weighted by molar-refractivity contribution is 5.86. The van der Waals surface area contributed by atoms with Crippen molar-refractivity contribution in [3.8, 4) is 22.6 Å². The topological polar surface area (TPSA) is 52.6 Å². The molecule has 1 atom stereocenters. The first-order valence-electron chi connectivity index (χ1n) is 13.7. The lowest BCUT2D eigenvalue weighted by atomic mass is 9.68. The van der Waals surface area contributed by atoms with Gasteiger partial charge in [-0.15, -0.1) is 0 Å². The van der Waals surface area contributed by atoms with Gasteiger partial charge in [-0.2, -0.15) is 0 Å². The summed E-state index contributed by atoms with van der Waals surface area (Å²) in [5.74, 6) is 0.966. The van der Waals surface area contributed by atoms with Crippen LogP contribution in [0.25, 0.3) is 11.1 Å². The number of fused-ring (bicyclic) bond motifs is 3. The minimum Gasteiger partial charge on any atom is -0.490 e. The molecule has 1 unspecified atom stereocenters. The summed E-state index contributed by atoms with van der Waals surface area (Å²) in [6, 6.07) is 33.1. The number of rotatable bonds is 7. The second-order valence-electron chi connectivity index (χ2n) is 12.2. The van der Waals surface area contributed by atoms with Crippen molar-refractivity contribution in [3.63, 3.8) is 0 Å². The zero-order chi connectivity index (χ0) is 28.7. The average molecular weight is 533 g/mol. The maximum atomic E-state index is 12.5. The van der Waals surface area contributed by atoms with Crippen molar-refractivity contribution in [2.75, 3.05) is 0 Å². The predicted octanol–water partition coefficient (Wildman–Crippen LogP) is 7.99. The zero-order valence-corrected chi connectivity index (χ0v) is 24.0. The molecule has 0 amide bonds. The molecule has 0 N–H and O–H groups in total. The number of aldehydes is 1. The first-order valence-corrected chi connectivity index (χ1v) is 13.7. The fraction of sp³-hybridized carbons (Fsp3) is 0.278. The minimum absolute atomic E-state index is 0.269. The molecule has 0 saturated heterocycles. The lowest BCUT2D eigenvalue weighted by molar-refractivity contribution is -0.143. The Balaban J connectivity index is 1.64. The molecule has 4 aromatic rings. The van der Waals surface area contributed by atoms with Crippen molar-refractivity contribution < 1.29 is 19.1 Å². The van der Waals surface area contributed by atoms with Crippen molar-refractivity contribution in [2.24, 2.45) is 10.8 Å². The molecule has 0 fully saturated rings. The monoisotopic (exact) mass is 532 g/mol. The van der Waals surface area contributed by atoms with Crippen molar-refractivity contribution in [1.82, 2.24) is 0 Å². The Kier molecular flexibility index (Phi) is 6.91. The molecule has 0 heterocycles. The maximum Gasteiger partial charge on any atom is 0.316 e. The van der Waals surface area contributed by atoms with E-state index in [0.29, 0.717) is 11.5 Å². The van der Waals surface area contributed by atoms with Gasteiger partial charge in [0.1, 0.15) is 23.9 Å². The van der Waals surface area contributed by atoms with Crippen LogP contribution >= 0.6 is 0 Å². The lowest BCUT2D eigenvalue weighted by Gasteiger charge is -2.34. The summed E-state index contributed by atoms with van der Waals surface area (Å²) >= 11 is 0. The lowest BCUT2D eigenvalue weighted by Crippen LogP contribution is -2.33. The van der Waals surface area contributed by atoms with E-state index in [1.54, 1.807) is 0 Å². The number of ether oxygens (including phenoxy) is 2. The van der Waals surface area contributed by atoms with Crippen LogP contribution in [0.2, 0.25) is 0 Å². The molecule has 4 heteroatoms. The molecule has 40 heavy (non-hydrogen) atoms. The van der Waals surface area contributed by atoms with E-state index in [-0.39, 0.29) is 12.1 Å². The predicted molar refractivity (Wildman–Crippen MR) is 159 cm³/mol. The van der Waals surface area contributed by atoms with Crippen LogP contribution in [0.15, 0.2) is 97.1 Å². The number of esters is 1. The van der Waals surface area contributed by atoms with Crippen LogP contribution in [0.1, 0.15) is 63.8 Å². The Morgan fingerprint density at radius 1 is 0.700 bits per heavy atom. The van der Waals surface area contributed by atoms with Gasteiger partial charge in [0.05, 0.1) is 16.2 Å². The SMILES string of the molecule is CC(Oc1ccc(C2(c3ccc(OC(=O)C(C)(C)C)cc3)c3ccccc3-c3ccccc32)cc1)C(C)(C)C=O. The van der Waals surface area contributed by atoms with Crippen LogP contribution in [0.3, 0.4) is 0 Å². The molecule has 4 nitrogen and oxygen atoms in total. The second kappa shape index (κ2) is 10.1. The molecule has 204 valence electrons. The average Bonchev–Trinajstić information content (AvgIpc) is 3.24. The molecular weight excluding hydrogens is 496 g/mol. The quantitative estimate of drug-likeness (QED) is 0.121. The molecule has 4 aromatic carbocycles. The summed E-state index contributed by atoms with van der Waals surface area (Å²) in [4.78, 5) is 24.1. The molecule has 5 rings (SSSR count). The van der Waals surface area contributed by atoms with Gasteiger partial charge < -0.3 is 14.3 Å². The number of carbonyl (C=O) groups excluding carboxylic acids is 2. The van der Waals surface area contributed by atoms with Crippen molar-refractivity contribution in [3.05, 3.63) is 119 Å². The third kappa shape index (κ3) is 4.62. The molecule has 0 bridgehead atoms. The van der Waals surface area contributed by atoms with Crippen LogP contribution in [0.5, 0.6) is 11.5 Å². The standard InChI is InChI=1S/C36H36O4/c1-24(35(5,6)23-37)39-27-19-15-25(16-20-27)36(26-17-21-28(22-18-26)40-33(38)34(2,3)4)31-13-9-7-11-29(31)30-12-8-10-14-32(30)36/h7-24H,1-6H3. The Bertz CT molecular complexity index is 1490. The Morgan fingerprint density at radius 3 is 1.60 bits per heavy atom. The minimum atomic E-state index is -0.596. The Morgan fingerprint density at radius 2 is 1.15 bits per heavy atom. The fourth-order valence-corrected chi connectivity index (χ4v) is 5.29. The van der Waals surface area contributed by atoms with Gasteiger partial charge in [-0.05, 0) is 99.2 Å². The largest absolute Gasteiger partial charge is 0.490 e. The van der Waals surface area contributed by atoms with Crippen LogP contribution in [-0.2, 0) is 15.0 Å². The van der Waals surface area contributed by atoms with Crippen LogP contribution in [-0.4, -0.2) is 18.4 Å². The fourth-order valence-electron chi connectivity index (χ4n) is 5.29. The molecule has 0 aromatic heterocycles. The highest BCUT2D eigenvalue weighted by Crippen LogP contribution is 2.56. The maximum absolute atomic E-state index is 12.5. The van der Waals surface area contributed by atoms with E-state index >= 15 is 0 Å². The molecule has 0 spiro atoms. The second-order valence-corrected chi connectivity index (χ2v) is 12.2. The van der Waals surface area contributed by atoms with Crippen LogP contribution in [0.4, 0.5) is 0 Å². The van der Waals surface area contributed by atoms with Crippen LogP contribution in [0, 0.1) is 10.8 Å². The van der Waals surface area contributed by atoms with Crippen molar-refractivity contribution in [1.29, 1.82) is 0 Å². The first kappa shape index (κ1) is 27.4. The Labute approximate surface area is 237 Å². The van der Waals surface area contributed by atoms with Gasteiger partial charge in [0.2, 0.25) is 0 Å². The first-order chi connectivity index (χ1) is 19.0. The van der Waals surface area contributed by atoms with Crippen LogP contribution < -0.4 is 9.47 Å². The van der Waals surface area contributed by atoms with E-state index < -0.39 is 16.2 Å². The summed E-state index contributed by atoms with van der Waals surface area (Å²) in [5.41, 5.74) is 5.19. The number of benzene rings is 4. The molecule has 1 aliphatic carbocycles. The molecule has 0 aliphatic heterocycles. The third-order valence-corrected chi connectivity index (χ3v) is 8.01. The summed E-state index contributed by atoms with van der Waals surface area (Å²) in [5, 5.41) is 0. The van der Waals surface area contributed by atoms with E-state index in [1.165, 1.54) is 22.3 Å². The van der Waals surface area contributed by atoms with Crippen molar-refractivity contribution >= 4 is 12.3 Å². The number of hydrogen-bond acceptors (Lipinski definition) is 4. The van der Waals surface area contributed by atoms with E-state index in [2.05, 4.69) is 72.8 Å². The van der Waals surface area contributed by atoms with E-state index in [0.717, 1.165) is 17.4 Å². The smallest absolute Gasteiger partial charge is 0.316 e. The van der Waals surface area contributed by atoms with E-state index in [4.69, 9.17) is 9.47 Å². The molecule has 1 aliphatic rings. The zero-order valence-electron chi connectivity index (χ0n) is 24.0. The Hall–Kier alpha value is -4.18. The summed E-state index contributed by atoms with van der Waals surface area (Å²) in [6.07, 6.45) is 0.664. The van der Waals surface area contributed by atoms with Gasteiger partial charge in [-0.3, -0.25) is 4.79 Å². The summed E-state index contributed by atoms with van der Waals surface area (Å²) < 4.78 is 11.8. The van der Waals surface area contributed by atoms with Gasteiger partial charge in [0.15, 0.2) is 0 Å². The van der Waals surface area contributed by atoms with E-state index in [1.807, 2.05) is 65.8 Å². The number of carbonyl (C=O) groups is 2. The summed E-state index contributed by atoms with van der Waals surface area (Å²) in [6.45, 7) is 11.2. The van der Waals surface area contributed by atoms with Gasteiger partial charge in [0.25, 0.3) is 0 Å². The molecule has 0 saturated carbocycles. The summed E-state index contributed by atoms with van der Waals surface area (Å²) in [7, 11) is 0. The van der Waals surface area contributed by atoms with Gasteiger partial charge in [0, 0.05) is 0 Å². The third-order valence-electron chi connectivity index (χ3n) is 8.01. The van der Waals surface area contributed by atoms with Gasteiger partial charge in [-0.25, -0.2) is 0 Å². The highest BCUT2D eigenvalue weighted by atomic mass is 16.5. The normalized spacial score (nSPS) is 14.6. The number of hydrogen-bond donors (Lipinski definition) is 0.